The van der Waals surface area contributed by atoms with Gasteiger partial charge < -0.3 is 34.6 Å². The maximum Gasteiger partial charge on any atom is 0.408 e. The van der Waals surface area contributed by atoms with Gasteiger partial charge in [0.05, 0.1) is 13.7 Å². The number of amides is 4. The van der Waals surface area contributed by atoms with Gasteiger partial charge in [0.2, 0.25) is 27.7 Å². The van der Waals surface area contributed by atoms with E-state index in [1.807, 2.05) is 56.1 Å². The Labute approximate surface area is 346 Å². The molecule has 4 aliphatic rings. The molecule has 2 aromatic rings. The quantitative estimate of drug-likeness (QED) is 0.280. The number of ether oxygens (including phenoxy) is 3. The Morgan fingerprint density at radius 1 is 1.14 bits per heavy atom. The van der Waals surface area contributed by atoms with Crippen molar-refractivity contribution in [3.8, 4) is 11.6 Å². The second-order valence-corrected chi connectivity index (χ2v) is 19.9. The molecule has 324 valence electrons. The van der Waals surface area contributed by atoms with Crippen molar-refractivity contribution in [2.45, 2.75) is 121 Å². The van der Waals surface area contributed by atoms with Crippen molar-refractivity contribution in [3.05, 3.63) is 36.4 Å². The van der Waals surface area contributed by atoms with E-state index in [9.17, 15) is 32.0 Å². The van der Waals surface area contributed by atoms with Crippen LogP contribution in [0.3, 0.4) is 0 Å². The summed E-state index contributed by atoms with van der Waals surface area (Å²) >= 11 is 0. The van der Waals surface area contributed by atoms with Gasteiger partial charge in [-0.3, -0.25) is 19.1 Å². The largest absolute Gasteiger partial charge is 0.497 e. The van der Waals surface area contributed by atoms with E-state index in [1.54, 1.807) is 33.9 Å². The van der Waals surface area contributed by atoms with Crippen LogP contribution in [0.15, 0.2) is 36.4 Å². The smallest absolute Gasteiger partial charge is 0.408 e. The lowest BCUT2D eigenvalue weighted by Crippen LogP contribution is -2.59. The molecule has 17 heteroatoms. The van der Waals surface area contributed by atoms with Gasteiger partial charge in [0.15, 0.2) is 0 Å². The molecule has 0 spiro atoms. The number of nitrogens with one attached hydrogen (secondary N) is 3. The standard InChI is InChI=1S/C42H59FN6O9S/c1-9-48(7)33-20-27-19-29(56-8)14-15-31(27)36(44-33)57-30-21-32-35(50)46-42(38(52)47-59(54,55)41(24-43)16-17-41)22-28(42)13-11-10-12-25(2)18-26(3)34(37(51)49(32)23-30)45-39(53)58-40(4,5)6/h11,13-15,19-20,25-26,28,30,32,34H,9-10,12,16-18,21-24H2,1-8H3,(H,45,53)(H,46,50)(H,47,52)/b13-11-/t25-,26+,28+,30+,32-,34-,42+/m0/s1. The molecule has 7 atom stereocenters. The summed E-state index contributed by atoms with van der Waals surface area (Å²) in [6.45, 7) is 10.5. The molecule has 0 bridgehead atoms. The Kier molecular flexibility index (Phi) is 12.5. The first-order valence-electron chi connectivity index (χ1n) is 20.5. The summed E-state index contributed by atoms with van der Waals surface area (Å²) in [5.41, 5.74) is -2.51. The molecular formula is C42H59FN6O9S. The van der Waals surface area contributed by atoms with Crippen LogP contribution in [0.4, 0.5) is 15.0 Å². The molecule has 1 saturated heterocycles. The van der Waals surface area contributed by atoms with Crippen LogP contribution in [0.25, 0.3) is 10.8 Å². The van der Waals surface area contributed by atoms with E-state index < -0.39 is 80.5 Å². The summed E-state index contributed by atoms with van der Waals surface area (Å²) in [6, 6.07) is 5.10. The number of carbonyl (C=O) groups excluding carboxylic acids is 4. The molecule has 2 aliphatic heterocycles. The number of methoxy groups -OCH3 is 1. The van der Waals surface area contributed by atoms with E-state index in [-0.39, 0.29) is 49.9 Å². The van der Waals surface area contributed by atoms with Crippen LogP contribution in [0.5, 0.6) is 11.6 Å². The molecule has 3 heterocycles. The number of hydrogen-bond donors (Lipinski definition) is 3. The number of hydrogen-bond acceptors (Lipinski definition) is 11. The van der Waals surface area contributed by atoms with Crippen LogP contribution in [0.1, 0.15) is 86.5 Å². The van der Waals surface area contributed by atoms with Crippen LogP contribution >= 0.6 is 0 Å². The van der Waals surface area contributed by atoms with E-state index >= 15 is 0 Å². The zero-order chi connectivity index (χ0) is 43.1. The summed E-state index contributed by atoms with van der Waals surface area (Å²) in [4.78, 5) is 65.0. The second kappa shape index (κ2) is 16.8. The normalized spacial score (nSPS) is 28.8. The number of allylic oxidation sites excluding steroid dienone is 1. The fourth-order valence-corrected chi connectivity index (χ4v) is 9.53. The first kappa shape index (κ1) is 43.9. The number of rotatable bonds is 10. The number of benzene rings is 1. The predicted molar refractivity (Wildman–Crippen MR) is 220 cm³/mol. The maximum absolute atomic E-state index is 14.9. The predicted octanol–water partition coefficient (Wildman–Crippen LogP) is 4.78. The lowest BCUT2D eigenvalue weighted by atomic mass is 9.88. The topological polar surface area (TPSA) is 186 Å². The Hall–Kier alpha value is -4.67. The van der Waals surface area contributed by atoms with Crippen LogP contribution in [0.2, 0.25) is 0 Å². The van der Waals surface area contributed by atoms with Gasteiger partial charge in [-0.1, -0.05) is 26.0 Å². The number of halogens is 1. The average Bonchev–Trinajstić information content (AvgIpc) is 4.08. The summed E-state index contributed by atoms with van der Waals surface area (Å²) in [5, 5.41) is 7.13. The zero-order valence-electron chi connectivity index (χ0n) is 35.3. The fraction of sp³-hybridized carbons (Fsp3) is 0.643. The van der Waals surface area contributed by atoms with Gasteiger partial charge in [0.1, 0.15) is 52.3 Å². The number of fused-ring (bicyclic) bond motifs is 3. The molecule has 2 saturated carbocycles. The summed E-state index contributed by atoms with van der Waals surface area (Å²) < 4.78 is 58.5. The lowest BCUT2D eigenvalue weighted by molar-refractivity contribution is -0.142. The molecule has 59 heavy (non-hydrogen) atoms. The van der Waals surface area contributed by atoms with Crippen LogP contribution < -0.4 is 29.7 Å². The first-order valence-corrected chi connectivity index (χ1v) is 22.0. The minimum atomic E-state index is -4.40. The summed E-state index contributed by atoms with van der Waals surface area (Å²) in [7, 11) is -0.924. The SMILES string of the molecule is CCN(C)c1cc2cc(OC)ccc2c(O[C@@H]2C[C@H]3C(=O)N[C@]4(C(=O)NS(=O)(=O)C5(CF)CC5)C[C@H]4/C=C\CC[C@H](C)C[C@@H](C)[C@H](NC(=O)OC(C)(C)C)C(=O)N3C2)n1. The molecule has 15 nitrogen and oxygen atoms in total. The van der Waals surface area contributed by atoms with Gasteiger partial charge in [0, 0.05) is 31.3 Å². The van der Waals surface area contributed by atoms with E-state index in [1.165, 1.54) is 4.90 Å². The molecule has 1 aromatic heterocycles. The van der Waals surface area contributed by atoms with Gasteiger partial charge in [-0.2, -0.15) is 4.98 Å². The van der Waals surface area contributed by atoms with Crippen molar-refractivity contribution in [1.82, 2.24) is 25.2 Å². The third kappa shape index (κ3) is 9.39. The molecule has 2 aliphatic carbocycles. The highest BCUT2D eigenvalue weighted by Crippen LogP contribution is 2.48. The van der Waals surface area contributed by atoms with Gasteiger partial charge in [-0.15, -0.1) is 0 Å². The Morgan fingerprint density at radius 2 is 1.86 bits per heavy atom. The molecule has 3 N–H and O–H groups in total. The van der Waals surface area contributed by atoms with Crippen LogP contribution in [0, 0.1) is 17.8 Å². The minimum Gasteiger partial charge on any atom is -0.497 e. The highest BCUT2D eigenvalue weighted by molar-refractivity contribution is 7.91. The molecule has 1 aromatic carbocycles. The third-order valence-electron chi connectivity index (χ3n) is 12.1. The molecule has 3 fully saturated rings. The summed E-state index contributed by atoms with van der Waals surface area (Å²) in [6.07, 6.45) is 4.32. The first-order chi connectivity index (χ1) is 27.7. The van der Waals surface area contributed by atoms with Gasteiger partial charge in [-0.05, 0) is 108 Å². The van der Waals surface area contributed by atoms with E-state index in [0.29, 0.717) is 36.3 Å². The number of pyridine rings is 1. The molecule has 4 amide bonds. The number of aromatic nitrogens is 1. The van der Waals surface area contributed by atoms with Crippen LogP contribution in [-0.4, -0.2) is 110 Å². The van der Waals surface area contributed by atoms with Crippen molar-refractivity contribution >= 4 is 50.4 Å². The maximum atomic E-state index is 14.9. The van der Waals surface area contributed by atoms with Crippen molar-refractivity contribution in [2.75, 3.05) is 38.8 Å². The van der Waals surface area contributed by atoms with Gasteiger partial charge in [-0.25, -0.2) is 17.6 Å². The average molecular weight is 843 g/mol. The van der Waals surface area contributed by atoms with Crippen molar-refractivity contribution in [2.24, 2.45) is 17.8 Å². The van der Waals surface area contributed by atoms with E-state index in [2.05, 4.69) is 22.3 Å². The monoisotopic (exact) mass is 842 g/mol. The Morgan fingerprint density at radius 3 is 2.51 bits per heavy atom. The lowest BCUT2D eigenvalue weighted by Gasteiger charge is -2.33. The molecule has 0 radical (unpaired) electrons. The number of nitrogens with zero attached hydrogens (tertiary/aromatic N) is 3. The number of alkyl carbamates (subject to hydrolysis) is 1. The number of anilines is 1. The van der Waals surface area contributed by atoms with Gasteiger partial charge in [0.25, 0.3) is 5.91 Å². The molecule has 0 unspecified atom stereocenters. The molecular weight excluding hydrogens is 784 g/mol. The zero-order valence-corrected chi connectivity index (χ0v) is 36.1. The van der Waals surface area contributed by atoms with Crippen molar-refractivity contribution < 1.29 is 46.2 Å². The highest BCUT2D eigenvalue weighted by atomic mass is 32.2. The highest BCUT2D eigenvalue weighted by Gasteiger charge is 2.64. The fourth-order valence-electron chi connectivity index (χ4n) is 8.11. The summed E-state index contributed by atoms with van der Waals surface area (Å²) in [5.74, 6) is -1.47. The number of carbonyl (C=O) groups is 4. The number of sulfonamides is 1. The molecule has 6 rings (SSSR count). The third-order valence-corrected chi connectivity index (χ3v) is 14.2. The van der Waals surface area contributed by atoms with Crippen LogP contribution in [-0.2, 0) is 29.1 Å². The number of alkyl halides is 1. The van der Waals surface area contributed by atoms with E-state index in [0.717, 1.165) is 11.8 Å². The van der Waals surface area contributed by atoms with Crippen molar-refractivity contribution in [1.29, 1.82) is 0 Å². The Balaban J connectivity index is 1.38. The minimum absolute atomic E-state index is 0.0177. The second-order valence-electron chi connectivity index (χ2n) is 17.8. The van der Waals surface area contributed by atoms with Crippen molar-refractivity contribution in [3.63, 3.8) is 0 Å². The van der Waals surface area contributed by atoms with E-state index in [4.69, 9.17) is 19.2 Å². The van der Waals surface area contributed by atoms with Gasteiger partial charge >= 0.3 is 6.09 Å². The Bertz CT molecular complexity index is 2090.